The molecule has 0 aliphatic carbocycles. The lowest BCUT2D eigenvalue weighted by Crippen LogP contribution is -2.14. The molecule has 0 unspecified atom stereocenters. The number of carbonyl (C=O) groups excluding carboxylic acids is 2. The van der Waals surface area contributed by atoms with Crippen molar-refractivity contribution >= 4 is 17.6 Å². The molecule has 0 aliphatic rings. The number of rotatable bonds is 6. The molecule has 7 nitrogen and oxygen atoms in total. The van der Waals surface area contributed by atoms with Gasteiger partial charge in [-0.05, 0) is 29.8 Å². The molecule has 1 amide bonds. The summed E-state index contributed by atoms with van der Waals surface area (Å²) < 4.78 is 10.2. The molecular formula is C20H17N3O4. The number of aromatic nitrogens is 2. The summed E-state index contributed by atoms with van der Waals surface area (Å²) in [5.74, 6) is -0.545. The maximum Gasteiger partial charge on any atom is 0.337 e. The van der Waals surface area contributed by atoms with Gasteiger partial charge >= 0.3 is 5.97 Å². The molecular weight excluding hydrogens is 346 g/mol. The lowest BCUT2D eigenvalue weighted by Gasteiger charge is -2.08. The number of hydrogen-bond acceptors (Lipinski definition) is 6. The second-order valence-electron chi connectivity index (χ2n) is 5.54. The lowest BCUT2D eigenvalue weighted by atomic mass is 10.2. The highest BCUT2D eigenvalue weighted by Gasteiger charge is 2.11. The van der Waals surface area contributed by atoms with Crippen molar-refractivity contribution in [3.8, 4) is 5.88 Å². The molecule has 1 heterocycles. The van der Waals surface area contributed by atoms with E-state index in [4.69, 9.17) is 4.74 Å². The number of hydrogen-bond donors (Lipinski definition) is 1. The molecule has 0 fully saturated rings. The first-order valence-electron chi connectivity index (χ1n) is 8.14. The number of benzene rings is 2. The number of amides is 1. The van der Waals surface area contributed by atoms with Gasteiger partial charge in [0.05, 0.1) is 12.7 Å². The normalized spacial score (nSPS) is 10.1. The molecule has 1 aromatic heterocycles. The summed E-state index contributed by atoms with van der Waals surface area (Å²) in [6, 6.07) is 17.5. The summed E-state index contributed by atoms with van der Waals surface area (Å²) in [5.41, 5.74) is 2.09. The van der Waals surface area contributed by atoms with E-state index in [2.05, 4.69) is 20.0 Å². The van der Waals surface area contributed by atoms with Crippen molar-refractivity contribution in [1.29, 1.82) is 0 Å². The fourth-order valence-corrected chi connectivity index (χ4v) is 2.28. The second-order valence-corrected chi connectivity index (χ2v) is 5.54. The Balaban J connectivity index is 1.63. The Morgan fingerprint density at radius 3 is 2.44 bits per heavy atom. The number of nitrogens with zero attached hydrogens (tertiary/aromatic N) is 2. The van der Waals surface area contributed by atoms with Gasteiger partial charge in [0.1, 0.15) is 18.6 Å². The van der Waals surface area contributed by atoms with Crippen LogP contribution < -0.4 is 10.1 Å². The van der Waals surface area contributed by atoms with E-state index in [1.54, 1.807) is 24.3 Å². The molecule has 0 saturated carbocycles. The molecule has 1 N–H and O–H groups in total. The van der Waals surface area contributed by atoms with E-state index in [9.17, 15) is 9.59 Å². The molecule has 0 radical (unpaired) electrons. The minimum Gasteiger partial charge on any atom is -0.473 e. The van der Waals surface area contributed by atoms with E-state index in [0.717, 1.165) is 5.56 Å². The Labute approximate surface area is 156 Å². The van der Waals surface area contributed by atoms with E-state index in [1.165, 1.54) is 19.5 Å². The maximum atomic E-state index is 12.4. The topological polar surface area (TPSA) is 90.4 Å². The third kappa shape index (κ3) is 4.88. The standard InChI is InChI=1S/C20H17N3O4/c1-26-20(25)15-7-9-16(10-8-15)23-19(24)17-11-18(22-13-21-17)27-12-14-5-3-2-4-6-14/h2-11,13H,12H2,1H3,(H,23,24). The smallest absolute Gasteiger partial charge is 0.337 e. The highest BCUT2D eigenvalue weighted by Crippen LogP contribution is 2.14. The number of carbonyl (C=O) groups is 2. The van der Waals surface area contributed by atoms with E-state index < -0.39 is 11.9 Å². The molecule has 0 spiro atoms. The zero-order chi connectivity index (χ0) is 19.1. The summed E-state index contributed by atoms with van der Waals surface area (Å²) >= 11 is 0. The zero-order valence-electron chi connectivity index (χ0n) is 14.6. The Morgan fingerprint density at radius 1 is 1.00 bits per heavy atom. The van der Waals surface area contributed by atoms with Gasteiger partial charge in [-0.3, -0.25) is 4.79 Å². The van der Waals surface area contributed by atoms with E-state index in [0.29, 0.717) is 23.7 Å². The molecule has 2 aromatic carbocycles. The predicted octanol–water partition coefficient (Wildman–Crippen LogP) is 3.09. The summed E-state index contributed by atoms with van der Waals surface area (Å²) in [6.07, 6.45) is 1.27. The average molecular weight is 363 g/mol. The van der Waals surface area contributed by atoms with E-state index >= 15 is 0 Å². The molecule has 136 valence electrons. The number of nitrogens with one attached hydrogen (secondary N) is 1. The molecule has 0 atom stereocenters. The Bertz CT molecular complexity index is 927. The predicted molar refractivity (Wildman–Crippen MR) is 98.5 cm³/mol. The summed E-state index contributed by atoms with van der Waals surface area (Å²) in [4.78, 5) is 31.8. The Hall–Kier alpha value is -3.74. The number of anilines is 1. The number of methoxy groups -OCH3 is 1. The van der Waals surface area contributed by atoms with Crippen LogP contribution in [0.15, 0.2) is 67.0 Å². The van der Waals surface area contributed by atoms with Crippen LogP contribution in [0.1, 0.15) is 26.4 Å². The van der Waals surface area contributed by atoms with Crippen LogP contribution >= 0.6 is 0 Å². The summed E-state index contributed by atoms with van der Waals surface area (Å²) in [7, 11) is 1.31. The van der Waals surface area contributed by atoms with Gasteiger partial charge in [0.15, 0.2) is 0 Å². The molecule has 0 bridgehead atoms. The Kier molecular flexibility index (Phi) is 5.73. The second kappa shape index (κ2) is 8.57. The zero-order valence-corrected chi connectivity index (χ0v) is 14.6. The molecule has 27 heavy (non-hydrogen) atoms. The van der Waals surface area contributed by atoms with Crippen LogP contribution in [-0.4, -0.2) is 29.0 Å². The van der Waals surface area contributed by atoms with Crippen molar-refractivity contribution in [3.05, 3.63) is 83.8 Å². The largest absolute Gasteiger partial charge is 0.473 e. The van der Waals surface area contributed by atoms with Crippen LogP contribution in [0.2, 0.25) is 0 Å². The van der Waals surface area contributed by atoms with Gasteiger partial charge in [0, 0.05) is 11.8 Å². The van der Waals surface area contributed by atoms with Gasteiger partial charge in [-0.25, -0.2) is 14.8 Å². The van der Waals surface area contributed by atoms with Crippen molar-refractivity contribution in [2.24, 2.45) is 0 Å². The minimum atomic E-state index is -0.441. The van der Waals surface area contributed by atoms with Gasteiger partial charge in [0.2, 0.25) is 5.88 Å². The Morgan fingerprint density at radius 2 is 1.74 bits per heavy atom. The van der Waals surface area contributed by atoms with Crippen molar-refractivity contribution < 1.29 is 19.1 Å². The van der Waals surface area contributed by atoms with Gasteiger partial charge in [-0.1, -0.05) is 30.3 Å². The van der Waals surface area contributed by atoms with Gasteiger partial charge in [-0.15, -0.1) is 0 Å². The summed E-state index contributed by atoms with van der Waals surface area (Å²) in [5, 5.41) is 2.71. The highest BCUT2D eigenvalue weighted by molar-refractivity contribution is 6.03. The number of ether oxygens (including phenoxy) is 2. The quantitative estimate of drug-likeness (QED) is 0.677. The van der Waals surface area contributed by atoms with E-state index in [1.807, 2.05) is 30.3 Å². The first-order valence-corrected chi connectivity index (χ1v) is 8.14. The molecule has 7 heteroatoms. The lowest BCUT2D eigenvalue weighted by molar-refractivity contribution is 0.0600. The highest BCUT2D eigenvalue weighted by atomic mass is 16.5. The fourth-order valence-electron chi connectivity index (χ4n) is 2.28. The average Bonchev–Trinajstić information content (AvgIpc) is 2.73. The first kappa shape index (κ1) is 18.1. The van der Waals surface area contributed by atoms with Crippen LogP contribution in [0.5, 0.6) is 5.88 Å². The van der Waals surface area contributed by atoms with Crippen LogP contribution in [0.3, 0.4) is 0 Å². The third-order valence-corrected chi connectivity index (χ3v) is 3.67. The van der Waals surface area contributed by atoms with Crippen molar-refractivity contribution in [1.82, 2.24) is 9.97 Å². The fraction of sp³-hybridized carbons (Fsp3) is 0.100. The van der Waals surface area contributed by atoms with Crippen LogP contribution in [0.25, 0.3) is 0 Å². The van der Waals surface area contributed by atoms with Gasteiger partial charge in [-0.2, -0.15) is 0 Å². The molecule has 3 rings (SSSR count). The third-order valence-electron chi connectivity index (χ3n) is 3.67. The molecule has 0 aliphatic heterocycles. The van der Waals surface area contributed by atoms with Crippen LogP contribution in [-0.2, 0) is 11.3 Å². The molecule has 3 aromatic rings. The summed E-state index contributed by atoms with van der Waals surface area (Å²) in [6.45, 7) is 0.341. The monoisotopic (exact) mass is 363 g/mol. The number of esters is 1. The van der Waals surface area contributed by atoms with Gasteiger partial charge < -0.3 is 14.8 Å². The van der Waals surface area contributed by atoms with Crippen molar-refractivity contribution in [2.45, 2.75) is 6.61 Å². The minimum absolute atomic E-state index is 0.171. The SMILES string of the molecule is COC(=O)c1ccc(NC(=O)c2cc(OCc3ccccc3)ncn2)cc1. The van der Waals surface area contributed by atoms with Crippen LogP contribution in [0.4, 0.5) is 5.69 Å². The van der Waals surface area contributed by atoms with E-state index in [-0.39, 0.29) is 5.69 Å². The maximum absolute atomic E-state index is 12.4. The van der Waals surface area contributed by atoms with Crippen molar-refractivity contribution in [3.63, 3.8) is 0 Å². The van der Waals surface area contributed by atoms with Gasteiger partial charge in [0.25, 0.3) is 5.91 Å². The first-order chi connectivity index (χ1) is 13.2. The van der Waals surface area contributed by atoms with Crippen LogP contribution in [0, 0.1) is 0 Å². The van der Waals surface area contributed by atoms with Crippen molar-refractivity contribution in [2.75, 3.05) is 12.4 Å². The molecule has 0 saturated heterocycles.